The van der Waals surface area contributed by atoms with Crippen molar-refractivity contribution < 1.29 is 14.3 Å². The first kappa shape index (κ1) is 19.7. The monoisotopic (exact) mass is 436 g/mol. The Morgan fingerprint density at radius 3 is 2.56 bits per heavy atom. The minimum Gasteiger partial charge on any atom is -0.462 e. The molecule has 3 saturated carbocycles. The molecule has 4 aliphatic rings. The Labute approximate surface area is 171 Å². The third-order valence-electron chi connectivity index (χ3n) is 8.82. The molecule has 0 aliphatic heterocycles. The van der Waals surface area contributed by atoms with Crippen LogP contribution in [0.2, 0.25) is 0 Å². The van der Waals surface area contributed by atoms with Crippen molar-refractivity contribution in [3.05, 3.63) is 11.6 Å². The summed E-state index contributed by atoms with van der Waals surface area (Å²) < 4.78 is 5.54. The minimum absolute atomic E-state index is 0.0627. The Hall–Kier alpha value is -0.640. The molecule has 0 saturated heterocycles. The van der Waals surface area contributed by atoms with Crippen LogP contribution in [0, 0.1) is 34.5 Å². The van der Waals surface area contributed by atoms with Crippen LogP contribution in [0.3, 0.4) is 0 Å². The molecule has 3 fully saturated rings. The van der Waals surface area contributed by atoms with Crippen molar-refractivity contribution in [3.8, 4) is 0 Å². The van der Waals surface area contributed by atoms with Crippen LogP contribution in [0.1, 0.15) is 72.6 Å². The van der Waals surface area contributed by atoms with E-state index in [1.54, 1.807) is 6.92 Å². The average molecular weight is 437 g/mol. The number of fused-ring (bicyclic) bond motifs is 5. The van der Waals surface area contributed by atoms with Gasteiger partial charge in [-0.05, 0) is 74.0 Å². The van der Waals surface area contributed by atoms with Gasteiger partial charge >= 0.3 is 5.97 Å². The Morgan fingerprint density at radius 1 is 1.15 bits per heavy atom. The van der Waals surface area contributed by atoms with Crippen LogP contribution in [0.15, 0.2) is 11.6 Å². The second kappa shape index (κ2) is 6.71. The number of hydrogen-bond acceptors (Lipinski definition) is 3. The zero-order valence-corrected chi connectivity index (χ0v) is 18.7. The number of halogens is 1. The van der Waals surface area contributed by atoms with Crippen LogP contribution in [0.25, 0.3) is 0 Å². The summed E-state index contributed by atoms with van der Waals surface area (Å²) in [7, 11) is 0. The fourth-order valence-electron chi connectivity index (χ4n) is 7.65. The van der Waals surface area contributed by atoms with Gasteiger partial charge in [-0.2, -0.15) is 0 Å². The summed E-state index contributed by atoms with van der Waals surface area (Å²) in [6.07, 6.45) is 10.2. The molecule has 0 amide bonds. The van der Waals surface area contributed by atoms with E-state index in [1.807, 2.05) is 0 Å². The summed E-state index contributed by atoms with van der Waals surface area (Å²) in [6.45, 7) is 8.16. The molecule has 8 unspecified atom stereocenters. The normalized spacial score (nSPS) is 48.7. The van der Waals surface area contributed by atoms with Gasteiger partial charge in [0.15, 0.2) is 0 Å². The quantitative estimate of drug-likeness (QED) is 0.327. The lowest BCUT2D eigenvalue weighted by Gasteiger charge is -2.58. The first-order valence-corrected chi connectivity index (χ1v) is 11.6. The fraction of sp³-hybridized carbons (Fsp3) is 0.826. The predicted molar refractivity (Wildman–Crippen MR) is 110 cm³/mol. The molecular weight excluding hydrogens is 404 g/mol. The van der Waals surface area contributed by atoms with Crippen LogP contribution in [0.4, 0.5) is 0 Å². The van der Waals surface area contributed by atoms with Crippen LogP contribution in [-0.4, -0.2) is 22.7 Å². The molecule has 4 aliphatic carbocycles. The number of allylic oxidation sites excluding steroid dienone is 1. The molecule has 0 heterocycles. The van der Waals surface area contributed by atoms with E-state index in [0.29, 0.717) is 28.4 Å². The molecule has 0 spiro atoms. The fourth-order valence-corrected chi connectivity index (χ4v) is 9.03. The van der Waals surface area contributed by atoms with E-state index in [2.05, 4.69) is 35.9 Å². The van der Waals surface area contributed by atoms with Crippen LogP contribution < -0.4 is 0 Å². The van der Waals surface area contributed by atoms with E-state index >= 15 is 0 Å². The number of carbonyl (C=O) groups is 2. The largest absolute Gasteiger partial charge is 0.462 e. The lowest BCUT2D eigenvalue weighted by molar-refractivity contribution is -0.149. The SMILES string of the molecule is CC(=O)OC1CCC2(C)C(=CCC3C2CCC2(C)C3CC(Br)C2C(C)=O)C1. The highest BCUT2D eigenvalue weighted by molar-refractivity contribution is 9.09. The number of carbonyl (C=O) groups excluding carboxylic acids is 2. The standard InChI is InChI=1S/C23H33BrO3/c1-13(25)21-20(24)12-19-17-6-5-15-11-16(27-14(2)26)7-9-22(15,3)18(17)8-10-23(19,21)4/h5,16-21H,6-12H2,1-4H3. The third-order valence-corrected chi connectivity index (χ3v) is 9.72. The van der Waals surface area contributed by atoms with E-state index in [1.165, 1.54) is 25.3 Å². The van der Waals surface area contributed by atoms with Crippen molar-refractivity contribution >= 4 is 27.7 Å². The molecule has 0 radical (unpaired) electrons. The smallest absolute Gasteiger partial charge is 0.302 e. The minimum atomic E-state index is -0.157. The van der Waals surface area contributed by atoms with Crippen LogP contribution >= 0.6 is 15.9 Å². The van der Waals surface area contributed by atoms with Crippen molar-refractivity contribution in [2.75, 3.05) is 0 Å². The number of esters is 1. The summed E-state index contributed by atoms with van der Waals surface area (Å²) in [5, 5.41) is 0. The van der Waals surface area contributed by atoms with Crippen molar-refractivity contribution in [1.82, 2.24) is 0 Å². The van der Waals surface area contributed by atoms with Crippen molar-refractivity contribution in [1.29, 1.82) is 0 Å². The van der Waals surface area contributed by atoms with Gasteiger partial charge < -0.3 is 4.74 Å². The lowest BCUT2D eigenvalue weighted by Crippen LogP contribution is -2.51. The Balaban J connectivity index is 1.61. The number of Topliss-reactive ketones (excluding diaryl/α,β-unsaturated/α-hetero) is 1. The molecule has 8 atom stereocenters. The molecule has 0 aromatic carbocycles. The maximum atomic E-state index is 12.4. The second-order valence-electron chi connectivity index (χ2n) is 10.1. The number of rotatable bonds is 2. The zero-order valence-electron chi connectivity index (χ0n) is 17.1. The first-order chi connectivity index (χ1) is 12.7. The summed E-state index contributed by atoms with van der Waals surface area (Å²) >= 11 is 3.88. The molecule has 27 heavy (non-hydrogen) atoms. The summed E-state index contributed by atoms with van der Waals surface area (Å²) in [5.41, 5.74) is 1.93. The average Bonchev–Trinajstić information content (AvgIpc) is 2.85. The van der Waals surface area contributed by atoms with E-state index in [4.69, 9.17) is 4.74 Å². The van der Waals surface area contributed by atoms with Gasteiger partial charge in [-0.25, -0.2) is 0 Å². The highest BCUT2D eigenvalue weighted by atomic mass is 79.9. The second-order valence-corrected chi connectivity index (χ2v) is 11.3. The summed E-state index contributed by atoms with van der Waals surface area (Å²) in [6, 6.07) is 0. The zero-order chi connectivity index (χ0) is 19.6. The highest BCUT2D eigenvalue weighted by Gasteiger charge is 2.61. The molecule has 150 valence electrons. The number of ketones is 1. The molecule has 0 aromatic heterocycles. The van der Waals surface area contributed by atoms with Crippen LogP contribution in [0.5, 0.6) is 0 Å². The Kier molecular flexibility index (Phi) is 4.89. The first-order valence-electron chi connectivity index (χ1n) is 10.7. The van der Waals surface area contributed by atoms with E-state index < -0.39 is 0 Å². The van der Waals surface area contributed by atoms with Gasteiger partial charge in [0.1, 0.15) is 11.9 Å². The van der Waals surface area contributed by atoms with Gasteiger partial charge in [0.05, 0.1) is 0 Å². The molecule has 4 heteroatoms. The van der Waals surface area contributed by atoms with Crippen molar-refractivity contribution in [3.63, 3.8) is 0 Å². The van der Waals surface area contributed by atoms with E-state index in [0.717, 1.165) is 32.1 Å². The maximum absolute atomic E-state index is 12.4. The molecular formula is C23H33BrO3. The molecule has 3 nitrogen and oxygen atoms in total. The van der Waals surface area contributed by atoms with Gasteiger partial charge in [0.25, 0.3) is 0 Å². The van der Waals surface area contributed by atoms with Gasteiger partial charge in [-0.3, -0.25) is 9.59 Å². The van der Waals surface area contributed by atoms with Crippen molar-refractivity contribution in [2.45, 2.75) is 83.6 Å². The Bertz CT molecular complexity index is 685. The van der Waals surface area contributed by atoms with E-state index in [-0.39, 0.29) is 28.8 Å². The van der Waals surface area contributed by atoms with Crippen LogP contribution in [-0.2, 0) is 14.3 Å². The number of ether oxygens (including phenoxy) is 1. The summed E-state index contributed by atoms with van der Waals surface area (Å²) in [5.74, 6) is 2.40. The van der Waals surface area contributed by atoms with Gasteiger partial charge in [-0.1, -0.05) is 41.4 Å². The van der Waals surface area contributed by atoms with E-state index in [9.17, 15) is 9.59 Å². The predicted octanol–water partition coefficient (Wildman–Crippen LogP) is 5.46. The topological polar surface area (TPSA) is 43.4 Å². The lowest BCUT2D eigenvalue weighted by atomic mass is 9.47. The van der Waals surface area contributed by atoms with Crippen molar-refractivity contribution in [2.24, 2.45) is 34.5 Å². The highest BCUT2D eigenvalue weighted by Crippen LogP contribution is 2.67. The third kappa shape index (κ3) is 2.96. The summed E-state index contributed by atoms with van der Waals surface area (Å²) in [4.78, 5) is 24.1. The van der Waals surface area contributed by atoms with Gasteiger partial charge in [0.2, 0.25) is 0 Å². The maximum Gasteiger partial charge on any atom is 0.302 e. The number of hydrogen-bond donors (Lipinski definition) is 0. The Morgan fingerprint density at radius 2 is 1.89 bits per heavy atom. The molecule has 0 N–H and O–H groups in total. The molecule has 0 bridgehead atoms. The van der Waals surface area contributed by atoms with Gasteiger partial charge in [-0.15, -0.1) is 0 Å². The molecule has 4 rings (SSSR count). The molecule has 0 aromatic rings. The number of alkyl halides is 1. The van der Waals surface area contributed by atoms with Gasteiger partial charge in [0, 0.05) is 24.1 Å².